The molecule has 14 heavy (non-hydrogen) atoms. The van der Waals surface area contributed by atoms with Crippen molar-refractivity contribution in [3.63, 3.8) is 0 Å². The Bertz CT molecular complexity index is 470. The SMILES string of the molecule is Fc1ccc(-c2nc(Cl)cs2)c(Cl)c1. The Morgan fingerprint density at radius 2 is 2.07 bits per heavy atom. The second-order valence-corrected chi connectivity index (χ2v) is 4.25. The molecule has 0 spiro atoms. The van der Waals surface area contributed by atoms with Gasteiger partial charge in [0.1, 0.15) is 16.0 Å². The van der Waals surface area contributed by atoms with Gasteiger partial charge in [-0.1, -0.05) is 23.2 Å². The van der Waals surface area contributed by atoms with E-state index in [4.69, 9.17) is 23.2 Å². The average Bonchev–Trinajstić information content (AvgIpc) is 2.51. The molecule has 0 atom stereocenters. The highest BCUT2D eigenvalue weighted by atomic mass is 35.5. The summed E-state index contributed by atoms with van der Waals surface area (Å²) in [5.41, 5.74) is 0.699. The summed E-state index contributed by atoms with van der Waals surface area (Å²) in [4.78, 5) is 4.05. The monoisotopic (exact) mass is 247 g/mol. The summed E-state index contributed by atoms with van der Waals surface area (Å²) < 4.78 is 12.7. The van der Waals surface area contributed by atoms with Crippen molar-refractivity contribution in [2.24, 2.45) is 0 Å². The van der Waals surface area contributed by atoms with E-state index in [1.807, 2.05) is 0 Å². The van der Waals surface area contributed by atoms with Crippen LogP contribution in [-0.4, -0.2) is 4.98 Å². The lowest BCUT2D eigenvalue weighted by Crippen LogP contribution is -1.80. The van der Waals surface area contributed by atoms with E-state index >= 15 is 0 Å². The largest absolute Gasteiger partial charge is 0.224 e. The molecule has 5 heteroatoms. The number of hydrogen-bond donors (Lipinski definition) is 0. The number of thiazole rings is 1. The molecule has 72 valence electrons. The summed E-state index contributed by atoms with van der Waals surface area (Å²) in [7, 11) is 0. The first kappa shape index (κ1) is 9.90. The first-order valence-corrected chi connectivity index (χ1v) is 5.37. The molecule has 0 amide bonds. The van der Waals surface area contributed by atoms with Gasteiger partial charge in [-0.2, -0.15) is 0 Å². The van der Waals surface area contributed by atoms with Gasteiger partial charge in [-0.05, 0) is 18.2 Å². The number of hydrogen-bond acceptors (Lipinski definition) is 2. The van der Waals surface area contributed by atoms with Crippen LogP contribution in [0, 0.1) is 5.82 Å². The predicted octanol–water partition coefficient (Wildman–Crippen LogP) is 4.26. The summed E-state index contributed by atoms with van der Waals surface area (Å²) in [5.74, 6) is -0.360. The lowest BCUT2D eigenvalue weighted by molar-refractivity contribution is 0.628. The first-order valence-electron chi connectivity index (χ1n) is 3.73. The average molecular weight is 248 g/mol. The smallest absolute Gasteiger partial charge is 0.140 e. The van der Waals surface area contributed by atoms with Crippen molar-refractivity contribution in [1.82, 2.24) is 4.98 Å². The maximum absolute atomic E-state index is 12.7. The quantitative estimate of drug-likeness (QED) is 0.734. The highest BCUT2D eigenvalue weighted by molar-refractivity contribution is 7.13. The summed E-state index contributed by atoms with van der Waals surface area (Å²) >= 11 is 12.9. The van der Waals surface area contributed by atoms with Crippen LogP contribution in [0.5, 0.6) is 0 Å². The van der Waals surface area contributed by atoms with Gasteiger partial charge in [0.2, 0.25) is 0 Å². The van der Waals surface area contributed by atoms with Crippen LogP contribution < -0.4 is 0 Å². The van der Waals surface area contributed by atoms with Crippen LogP contribution in [0.1, 0.15) is 0 Å². The van der Waals surface area contributed by atoms with Crippen molar-refractivity contribution in [1.29, 1.82) is 0 Å². The Balaban J connectivity index is 2.52. The number of aromatic nitrogens is 1. The molecule has 0 aliphatic carbocycles. The molecular weight excluding hydrogens is 244 g/mol. The van der Waals surface area contributed by atoms with E-state index in [1.165, 1.54) is 23.5 Å². The van der Waals surface area contributed by atoms with Crippen molar-refractivity contribution in [2.75, 3.05) is 0 Å². The van der Waals surface area contributed by atoms with Gasteiger partial charge in [-0.15, -0.1) is 11.3 Å². The maximum Gasteiger partial charge on any atom is 0.140 e. The molecule has 0 aliphatic rings. The third-order valence-corrected chi connectivity index (χ3v) is 3.15. The Labute approximate surface area is 94.1 Å². The molecule has 1 nitrogen and oxygen atoms in total. The lowest BCUT2D eigenvalue weighted by Gasteiger charge is -1.99. The fourth-order valence-electron chi connectivity index (χ4n) is 1.04. The third-order valence-electron chi connectivity index (χ3n) is 1.64. The zero-order chi connectivity index (χ0) is 10.1. The molecule has 0 fully saturated rings. The van der Waals surface area contributed by atoms with E-state index in [9.17, 15) is 4.39 Å². The van der Waals surface area contributed by atoms with E-state index in [-0.39, 0.29) is 5.82 Å². The Kier molecular flexibility index (Phi) is 2.72. The second kappa shape index (κ2) is 3.85. The molecule has 1 aromatic carbocycles. The van der Waals surface area contributed by atoms with Crippen molar-refractivity contribution < 1.29 is 4.39 Å². The fraction of sp³-hybridized carbons (Fsp3) is 0. The van der Waals surface area contributed by atoms with E-state index < -0.39 is 0 Å². The number of rotatable bonds is 1. The molecule has 0 bridgehead atoms. The summed E-state index contributed by atoms with van der Waals surface area (Å²) in [6.45, 7) is 0. The van der Waals surface area contributed by atoms with Crippen LogP contribution in [0.4, 0.5) is 4.39 Å². The van der Waals surface area contributed by atoms with Gasteiger partial charge in [0, 0.05) is 10.9 Å². The second-order valence-electron chi connectivity index (χ2n) is 2.60. The minimum Gasteiger partial charge on any atom is -0.224 e. The van der Waals surface area contributed by atoms with Gasteiger partial charge >= 0.3 is 0 Å². The molecule has 0 N–H and O–H groups in total. The van der Waals surface area contributed by atoms with Gasteiger partial charge in [-0.25, -0.2) is 9.37 Å². The van der Waals surface area contributed by atoms with Crippen molar-refractivity contribution in [2.45, 2.75) is 0 Å². The molecule has 0 unspecified atom stereocenters. The molecule has 2 rings (SSSR count). The summed E-state index contributed by atoms with van der Waals surface area (Å²) in [6, 6.07) is 4.19. The number of nitrogens with zero attached hydrogens (tertiary/aromatic N) is 1. The molecule has 2 aromatic rings. The Morgan fingerprint density at radius 3 is 2.64 bits per heavy atom. The normalized spacial score (nSPS) is 10.5. The Hall–Kier alpha value is -0.640. The van der Waals surface area contributed by atoms with Crippen LogP contribution in [0.3, 0.4) is 0 Å². The van der Waals surface area contributed by atoms with E-state index in [2.05, 4.69) is 4.98 Å². The first-order chi connectivity index (χ1) is 6.66. The van der Waals surface area contributed by atoms with Gasteiger partial charge in [0.25, 0.3) is 0 Å². The highest BCUT2D eigenvalue weighted by Gasteiger charge is 2.08. The van der Waals surface area contributed by atoms with Crippen LogP contribution >= 0.6 is 34.5 Å². The third kappa shape index (κ3) is 1.90. The molecular formula is C9H4Cl2FNS. The van der Waals surface area contributed by atoms with E-state index in [0.717, 1.165) is 0 Å². The molecule has 1 aromatic heterocycles. The predicted molar refractivity (Wildman–Crippen MR) is 57.5 cm³/mol. The lowest BCUT2D eigenvalue weighted by atomic mass is 10.2. The van der Waals surface area contributed by atoms with Crippen LogP contribution in [0.25, 0.3) is 10.6 Å². The maximum atomic E-state index is 12.7. The molecule has 0 radical (unpaired) electrons. The molecule has 0 saturated heterocycles. The van der Waals surface area contributed by atoms with Crippen molar-refractivity contribution >= 4 is 34.5 Å². The number of halogens is 3. The Morgan fingerprint density at radius 1 is 1.29 bits per heavy atom. The van der Waals surface area contributed by atoms with Crippen LogP contribution in [0.2, 0.25) is 10.2 Å². The molecule has 0 saturated carbocycles. The van der Waals surface area contributed by atoms with Crippen LogP contribution in [0.15, 0.2) is 23.6 Å². The van der Waals surface area contributed by atoms with Crippen molar-refractivity contribution in [3.05, 3.63) is 39.6 Å². The van der Waals surface area contributed by atoms with Gasteiger partial charge in [0.05, 0.1) is 5.02 Å². The number of benzene rings is 1. The summed E-state index contributed by atoms with van der Waals surface area (Å²) in [5, 5.41) is 3.16. The minimum atomic E-state index is -0.360. The molecule has 1 heterocycles. The van der Waals surface area contributed by atoms with Crippen molar-refractivity contribution in [3.8, 4) is 10.6 Å². The van der Waals surface area contributed by atoms with Crippen LogP contribution in [-0.2, 0) is 0 Å². The summed E-state index contributed by atoms with van der Waals surface area (Å²) in [6.07, 6.45) is 0. The topological polar surface area (TPSA) is 12.9 Å². The highest BCUT2D eigenvalue weighted by Crippen LogP contribution is 2.31. The zero-order valence-electron chi connectivity index (χ0n) is 6.80. The van der Waals surface area contributed by atoms with Gasteiger partial charge in [-0.3, -0.25) is 0 Å². The minimum absolute atomic E-state index is 0.344. The zero-order valence-corrected chi connectivity index (χ0v) is 9.13. The molecule has 0 aliphatic heterocycles. The van der Waals surface area contributed by atoms with Gasteiger partial charge in [0.15, 0.2) is 0 Å². The van der Waals surface area contributed by atoms with Gasteiger partial charge < -0.3 is 0 Å². The fourth-order valence-corrected chi connectivity index (χ4v) is 2.34. The standard InChI is InChI=1S/C9H4Cl2FNS/c10-7-3-5(12)1-2-6(7)9-13-8(11)4-14-9/h1-4H. The van der Waals surface area contributed by atoms with E-state index in [0.29, 0.717) is 20.7 Å². The van der Waals surface area contributed by atoms with E-state index in [1.54, 1.807) is 11.4 Å².